The van der Waals surface area contributed by atoms with Crippen LogP contribution in [0, 0.1) is 20.8 Å². The minimum absolute atomic E-state index is 0.113. The van der Waals surface area contributed by atoms with Crippen molar-refractivity contribution in [2.24, 2.45) is 0 Å². The van der Waals surface area contributed by atoms with Gasteiger partial charge in [-0.25, -0.2) is 0 Å². The van der Waals surface area contributed by atoms with E-state index in [9.17, 15) is 9.59 Å². The van der Waals surface area contributed by atoms with E-state index in [1.54, 1.807) is 19.1 Å². The van der Waals surface area contributed by atoms with Crippen LogP contribution in [-0.2, 0) is 4.79 Å². The van der Waals surface area contributed by atoms with Gasteiger partial charge in [-0.1, -0.05) is 35.4 Å². The molecule has 1 aliphatic rings. The molecule has 0 fully saturated rings. The summed E-state index contributed by atoms with van der Waals surface area (Å²) in [7, 11) is 0. The maximum Gasteiger partial charge on any atom is 0.251 e. The summed E-state index contributed by atoms with van der Waals surface area (Å²) in [4.78, 5) is 25.0. The molecule has 2 atom stereocenters. The van der Waals surface area contributed by atoms with Crippen LogP contribution < -0.4 is 15.4 Å². The third-order valence-corrected chi connectivity index (χ3v) is 4.81. The SMILES string of the molecule is Cc1cccc(C(=O)NC(C)C(=O)NC2CCOc3c(C)cc(C)cc32)c1. The Kier molecular flexibility index (Phi) is 5.49. The van der Waals surface area contributed by atoms with E-state index >= 15 is 0 Å². The summed E-state index contributed by atoms with van der Waals surface area (Å²) in [6.45, 7) is 8.24. The van der Waals surface area contributed by atoms with E-state index in [0.29, 0.717) is 18.6 Å². The van der Waals surface area contributed by atoms with Crippen LogP contribution >= 0.6 is 0 Å². The number of carbonyl (C=O) groups is 2. The van der Waals surface area contributed by atoms with E-state index in [4.69, 9.17) is 4.74 Å². The third-order valence-electron chi connectivity index (χ3n) is 4.81. The van der Waals surface area contributed by atoms with E-state index in [2.05, 4.69) is 22.8 Å². The molecule has 0 aromatic heterocycles. The normalized spacial score (nSPS) is 16.7. The number of hydrogen-bond acceptors (Lipinski definition) is 3. The Bertz CT molecular complexity index is 876. The van der Waals surface area contributed by atoms with E-state index in [1.807, 2.05) is 32.9 Å². The Labute approximate surface area is 160 Å². The number of carbonyl (C=O) groups excluding carboxylic acids is 2. The Morgan fingerprint density at radius 3 is 2.63 bits per heavy atom. The van der Waals surface area contributed by atoms with Crippen LogP contribution in [0.5, 0.6) is 5.75 Å². The summed E-state index contributed by atoms with van der Waals surface area (Å²) in [6, 6.07) is 10.7. The van der Waals surface area contributed by atoms with Gasteiger partial charge in [0.15, 0.2) is 0 Å². The highest BCUT2D eigenvalue weighted by Gasteiger charge is 2.27. The zero-order valence-corrected chi connectivity index (χ0v) is 16.3. The molecule has 142 valence electrons. The molecule has 0 bridgehead atoms. The fourth-order valence-electron chi connectivity index (χ4n) is 3.46. The first-order chi connectivity index (χ1) is 12.8. The molecule has 0 spiro atoms. The van der Waals surface area contributed by atoms with Crippen molar-refractivity contribution in [1.82, 2.24) is 10.6 Å². The minimum atomic E-state index is -0.629. The van der Waals surface area contributed by atoms with Crippen molar-refractivity contribution in [2.75, 3.05) is 6.61 Å². The molecular weight excluding hydrogens is 340 g/mol. The van der Waals surface area contributed by atoms with Gasteiger partial charge in [-0.3, -0.25) is 9.59 Å². The van der Waals surface area contributed by atoms with Crippen LogP contribution in [0.3, 0.4) is 0 Å². The first kappa shape index (κ1) is 19.0. The van der Waals surface area contributed by atoms with Gasteiger partial charge in [0.2, 0.25) is 5.91 Å². The van der Waals surface area contributed by atoms with E-state index in [-0.39, 0.29) is 17.9 Å². The van der Waals surface area contributed by atoms with Gasteiger partial charge in [-0.2, -0.15) is 0 Å². The summed E-state index contributed by atoms with van der Waals surface area (Å²) >= 11 is 0. The van der Waals surface area contributed by atoms with Gasteiger partial charge in [-0.05, 0) is 45.4 Å². The number of amides is 2. The fourth-order valence-corrected chi connectivity index (χ4v) is 3.46. The molecular formula is C22H26N2O3. The van der Waals surface area contributed by atoms with Crippen molar-refractivity contribution < 1.29 is 14.3 Å². The maximum atomic E-state index is 12.7. The van der Waals surface area contributed by atoms with Gasteiger partial charge < -0.3 is 15.4 Å². The minimum Gasteiger partial charge on any atom is -0.493 e. The molecule has 0 radical (unpaired) electrons. The number of ether oxygens (including phenoxy) is 1. The van der Waals surface area contributed by atoms with Crippen molar-refractivity contribution in [2.45, 2.75) is 46.2 Å². The Morgan fingerprint density at radius 2 is 1.89 bits per heavy atom. The second kappa shape index (κ2) is 7.82. The summed E-state index contributed by atoms with van der Waals surface area (Å²) in [5, 5.41) is 5.84. The van der Waals surface area contributed by atoms with Crippen LogP contribution in [0.1, 0.15) is 52.0 Å². The second-order valence-corrected chi connectivity index (χ2v) is 7.26. The van der Waals surface area contributed by atoms with Crippen molar-refractivity contribution in [1.29, 1.82) is 0 Å². The van der Waals surface area contributed by atoms with Crippen LogP contribution in [0.4, 0.5) is 0 Å². The molecule has 0 aliphatic carbocycles. The summed E-state index contributed by atoms with van der Waals surface area (Å²) in [5.74, 6) is 0.405. The monoisotopic (exact) mass is 366 g/mol. The highest BCUT2D eigenvalue weighted by molar-refractivity contribution is 5.97. The predicted octanol–water partition coefficient (Wildman–Crippen LogP) is 3.37. The van der Waals surface area contributed by atoms with Crippen LogP contribution in [-0.4, -0.2) is 24.5 Å². The lowest BCUT2D eigenvalue weighted by Gasteiger charge is -2.29. The molecule has 2 aromatic carbocycles. The summed E-state index contributed by atoms with van der Waals surface area (Å²) in [6.07, 6.45) is 0.709. The number of nitrogens with one attached hydrogen (secondary N) is 2. The largest absolute Gasteiger partial charge is 0.493 e. The number of rotatable bonds is 4. The van der Waals surface area contributed by atoms with Gasteiger partial charge in [-0.15, -0.1) is 0 Å². The second-order valence-electron chi connectivity index (χ2n) is 7.26. The zero-order valence-electron chi connectivity index (χ0n) is 16.3. The Hall–Kier alpha value is -2.82. The number of benzene rings is 2. The quantitative estimate of drug-likeness (QED) is 0.872. The Morgan fingerprint density at radius 1 is 1.11 bits per heavy atom. The van der Waals surface area contributed by atoms with Crippen LogP contribution in [0.25, 0.3) is 0 Å². The van der Waals surface area contributed by atoms with E-state index in [0.717, 1.165) is 28.0 Å². The molecule has 2 aromatic rings. The molecule has 2 N–H and O–H groups in total. The lowest BCUT2D eigenvalue weighted by molar-refractivity contribution is -0.123. The van der Waals surface area contributed by atoms with Crippen LogP contribution in [0.15, 0.2) is 36.4 Å². The summed E-state index contributed by atoms with van der Waals surface area (Å²) < 4.78 is 5.79. The number of fused-ring (bicyclic) bond motifs is 1. The zero-order chi connectivity index (χ0) is 19.6. The molecule has 0 saturated carbocycles. The Balaban J connectivity index is 1.68. The first-order valence-corrected chi connectivity index (χ1v) is 9.27. The molecule has 2 unspecified atom stereocenters. The van der Waals surface area contributed by atoms with E-state index in [1.165, 1.54) is 0 Å². The van der Waals surface area contributed by atoms with Gasteiger partial charge in [0.05, 0.1) is 12.6 Å². The average molecular weight is 366 g/mol. The molecule has 27 heavy (non-hydrogen) atoms. The van der Waals surface area contributed by atoms with Gasteiger partial charge in [0, 0.05) is 17.5 Å². The van der Waals surface area contributed by atoms with Crippen molar-refractivity contribution in [3.05, 3.63) is 64.2 Å². The lowest BCUT2D eigenvalue weighted by Crippen LogP contribution is -2.46. The van der Waals surface area contributed by atoms with E-state index < -0.39 is 6.04 Å². The predicted molar refractivity (Wildman–Crippen MR) is 105 cm³/mol. The lowest BCUT2D eigenvalue weighted by atomic mass is 9.95. The van der Waals surface area contributed by atoms with Gasteiger partial charge >= 0.3 is 0 Å². The first-order valence-electron chi connectivity index (χ1n) is 9.27. The molecule has 1 heterocycles. The number of hydrogen-bond donors (Lipinski definition) is 2. The highest BCUT2D eigenvalue weighted by atomic mass is 16.5. The standard InChI is InChI=1S/C22H26N2O3/c1-13-6-5-7-17(11-13)22(26)23-16(4)21(25)24-19-8-9-27-20-15(3)10-14(2)12-18(19)20/h5-7,10-12,16,19H,8-9H2,1-4H3,(H,23,26)(H,24,25). The summed E-state index contributed by atoms with van der Waals surface area (Å²) in [5.41, 5.74) is 4.77. The molecule has 5 heteroatoms. The molecule has 3 rings (SSSR count). The highest BCUT2D eigenvalue weighted by Crippen LogP contribution is 2.35. The molecule has 1 aliphatic heterocycles. The topological polar surface area (TPSA) is 67.4 Å². The number of aryl methyl sites for hydroxylation is 3. The van der Waals surface area contributed by atoms with Crippen molar-refractivity contribution in [3.8, 4) is 5.75 Å². The van der Waals surface area contributed by atoms with Gasteiger partial charge in [0.25, 0.3) is 5.91 Å². The third kappa shape index (κ3) is 4.30. The smallest absolute Gasteiger partial charge is 0.251 e. The van der Waals surface area contributed by atoms with Crippen molar-refractivity contribution >= 4 is 11.8 Å². The van der Waals surface area contributed by atoms with Gasteiger partial charge in [0.1, 0.15) is 11.8 Å². The average Bonchev–Trinajstić information content (AvgIpc) is 2.62. The fraction of sp³-hybridized carbons (Fsp3) is 0.364. The maximum absolute atomic E-state index is 12.7. The van der Waals surface area contributed by atoms with Crippen LogP contribution in [0.2, 0.25) is 0 Å². The molecule has 2 amide bonds. The molecule has 5 nitrogen and oxygen atoms in total. The molecule has 0 saturated heterocycles. The van der Waals surface area contributed by atoms with Crippen molar-refractivity contribution in [3.63, 3.8) is 0 Å².